The Morgan fingerprint density at radius 2 is 2.00 bits per heavy atom. The summed E-state index contributed by atoms with van der Waals surface area (Å²) in [4.78, 5) is 0. The molecule has 1 unspecified atom stereocenters. The molecule has 0 spiro atoms. The minimum atomic E-state index is 0.250. The number of aryl methyl sites for hydroxylation is 1. The van der Waals surface area contributed by atoms with Crippen LogP contribution in [0.3, 0.4) is 0 Å². The van der Waals surface area contributed by atoms with Crippen LogP contribution in [0.2, 0.25) is 0 Å². The fourth-order valence-corrected chi connectivity index (χ4v) is 2.07. The summed E-state index contributed by atoms with van der Waals surface area (Å²) in [5, 5.41) is 4.31. The first-order valence-corrected chi connectivity index (χ1v) is 7.07. The highest BCUT2D eigenvalue weighted by Crippen LogP contribution is 2.35. The van der Waals surface area contributed by atoms with Crippen molar-refractivity contribution in [1.29, 1.82) is 0 Å². The summed E-state index contributed by atoms with van der Waals surface area (Å²) in [5.74, 6) is 1.39. The number of ether oxygens (including phenoxy) is 1. The number of nitrogens with zero attached hydrogens (tertiary/aromatic N) is 2. The van der Waals surface area contributed by atoms with Crippen molar-refractivity contribution in [2.24, 2.45) is 12.5 Å². The number of aromatic nitrogens is 2. The molecule has 0 saturated carbocycles. The van der Waals surface area contributed by atoms with E-state index < -0.39 is 0 Å². The predicted molar refractivity (Wildman–Crippen MR) is 81.9 cm³/mol. The molecule has 0 aliphatic rings. The van der Waals surface area contributed by atoms with Gasteiger partial charge in [-0.3, -0.25) is 4.68 Å². The van der Waals surface area contributed by atoms with Crippen LogP contribution in [0.4, 0.5) is 0 Å². The SMILES string of the molecule is CC(c1cccc(OCc2ccn(C)n2)c1)C(C)(C)C. The quantitative estimate of drug-likeness (QED) is 0.836. The summed E-state index contributed by atoms with van der Waals surface area (Å²) in [7, 11) is 1.91. The van der Waals surface area contributed by atoms with Gasteiger partial charge in [0, 0.05) is 13.2 Å². The van der Waals surface area contributed by atoms with E-state index in [0.29, 0.717) is 12.5 Å². The normalized spacial score (nSPS) is 13.2. The van der Waals surface area contributed by atoms with E-state index in [1.807, 2.05) is 25.4 Å². The van der Waals surface area contributed by atoms with E-state index in [-0.39, 0.29) is 5.41 Å². The van der Waals surface area contributed by atoms with Gasteiger partial charge in [0.15, 0.2) is 0 Å². The fourth-order valence-electron chi connectivity index (χ4n) is 2.07. The molecule has 0 aliphatic carbocycles. The molecule has 0 amide bonds. The average molecular weight is 272 g/mol. The highest BCUT2D eigenvalue weighted by molar-refractivity contribution is 5.31. The summed E-state index contributed by atoms with van der Waals surface area (Å²) < 4.78 is 7.62. The first-order valence-electron chi connectivity index (χ1n) is 7.07. The van der Waals surface area contributed by atoms with Crippen LogP contribution < -0.4 is 4.74 Å². The lowest BCUT2D eigenvalue weighted by Crippen LogP contribution is -2.15. The summed E-state index contributed by atoms with van der Waals surface area (Å²) in [6, 6.07) is 10.3. The second-order valence-corrected chi connectivity index (χ2v) is 6.43. The van der Waals surface area contributed by atoms with Gasteiger partial charge in [0.05, 0.1) is 5.69 Å². The first kappa shape index (κ1) is 14.6. The smallest absolute Gasteiger partial charge is 0.132 e. The zero-order valence-electron chi connectivity index (χ0n) is 13.1. The molecule has 1 aromatic carbocycles. The van der Waals surface area contributed by atoms with Gasteiger partial charge in [-0.1, -0.05) is 39.8 Å². The molecule has 3 nitrogen and oxygen atoms in total. The number of rotatable bonds is 4. The molecule has 0 radical (unpaired) electrons. The minimum Gasteiger partial charge on any atom is -0.487 e. The van der Waals surface area contributed by atoms with Gasteiger partial charge in [0.1, 0.15) is 12.4 Å². The van der Waals surface area contributed by atoms with Crippen molar-refractivity contribution in [1.82, 2.24) is 9.78 Å². The van der Waals surface area contributed by atoms with Crippen LogP contribution in [0.1, 0.15) is 44.9 Å². The van der Waals surface area contributed by atoms with E-state index >= 15 is 0 Å². The van der Waals surface area contributed by atoms with Gasteiger partial charge in [-0.05, 0) is 35.1 Å². The number of hydrogen-bond acceptors (Lipinski definition) is 2. The van der Waals surface area contributed by atoms with Crippen LogP contribution in [0.5, 0.6) is 5.75 Å². The maximum Gasteiger partial charge on any atom is 0.132 e. The van der Waals surface area contributed by atoms with Crippen molar-refractivity contribution >= 4 is 0 Å². The van der Waals surface area contributed by atoms with Gasteiger partial charge >= 0.3 is 0 Å². The third-order valence-electron chi connectivity index (χ3n) is 3.81. The van der Waals surface area contributed by atoms with Crippen molar-refractivity contribution in [3.8, 4) is 5.75 Å². The van der Waals surface area contributed by atoms with Gasteiger partial charge in [-0.2, -0.15) is 5.10 Å². The van der Waals surface area contributed by atoms with Crippen LogP contribution in [0, 0.1) is 5.41 Å². The maximum atomic E-state index is 5.83. The van der Waals surface area contributed by atoms with Crippen molar-refractivity contribution < 1.29 is 4.74 Å². The lowest BCUT2D eigenvalue weighted by atomic mass is 9.78. The molecule has 108 valence electrons. The molecular formula is C17H24N2O. The molecule has 1 aromatic heterocycles. The van der Waals surface area contributed by atoms with Gasteiger partial charge < -0.3 is 4.74 Å². The Morgan fingerprint density at radius 3 is 2.60 bits per heavy atom. The molecule has 1 atom stereocenters. The molecular weight excluding hydrogens is 248 g/mol. The number of benzene rings is 1. The first-order chi connectivity index (χ1) is 9.36. The van der Waals surface area contributed by atoms with Crippen LogP contribution in [0.25, 0.3) is 0 Å². The average Bonchev–Trinajstić information content (AvgIpc) is 2.80. The molecule has 0 aliphatic heterocycles. The molecule has 20 heavy (non-hydrogen) atoms. The van der Waals surface area contributed by atoms with Crippen molar-refractivity contribution in [2.75, 3.05) is 0 Å². The molecule has 0 saturated heterocycles. The summed E-state index contributed by atoms with van der Waals surface area (Å²) in [6.45, 7) is 9.56. The molecule has 2 rings (SSSR count). The Labute approximate surface area is 121 Å². The summed E-state index contributed by atoms with van der Waals surface area (Å²) in [6.07, 6.45) is 1.93. The standard InChI is InChI=1S/C17H24N2O/c1-13(17(2,3)4)14-7-6-8-16(11-14)20-12-15-9-10-19(5)18-15/h6-11,13H,12H2,1-5H3. The largest absolute Gasteiger partial charge is 0.487 e. The van der Waals surface area contributed by atoms with Gasteiger partial charge in [-0.15, -0.1) is 0 Å². The van der Waals surface area contributed by atoms with Crippen LogP contribution in [-0.4, -0.2) is 9.78 Å². The Balaban J connectivity index is 2.06. The Hall–Kier alpha value is -1.77. The topological polar surface area (TPSA) is 27.1 Å². The highest BCUT2D eigenvalue weighted by Gasteiger charge is 2.21. The monoisotopic (exact) mass is 272 g/mol. The highest BCUT2D eigenvalue weighted by atomic mass is 16.5. The Morgan fingerprint density at radius 1 is 1.25 bits per heavy atom. The molecule has 0 N–H and O–H groups in total. The number of hydrogen-bond donors (Lipinski definition) is 0. The van der Waals surface area contributed by atoms with E-state index in [2.05, 4.69) is 51.0 Å². The van der Waals surface area contributed by atoms with E-state index in [9.17, 15) is 0 Å². The van der Waals surface area contributed by atoms with Gasteiger partial charge in [-0.25, -0.2) is 0 Å². The maximum absolute atomic E-state index is 5.83. The minimum absolute atomic E-state index is 0.250. The Bertz CT molecular complexity index is 566. The van der Waals surface area contributed by atoms with Crippen LogP contribution in [0.15, 0.2) is 36.5 Å². The molecule has 1 heterocycles. The molecule has 3 heteroatoms. The van der Waals surface area contributed by atoms with Gasteiger partial charge in [0.2, 0.25) is 0 Å². The lowest BCUT2D eigenvalue weighted by Gasteiger charge is -2.27. The van der Waals surface area contributed by atoms with E-state index in [4.69, 9.17) is 4.74 Å². The third kappa shape index (κ3) is 3.62. The van der Waals surface area contributed by atoms with Crippen molar-refractivity contribution in [3.63, 3.8) is 0 Å². The molecule has 2 aromatic rings. The van der Waals surface area contributed by atoms with Crippen molar-refractivity contribution in [3.05, 3.63) is 47.8 Å². The van der Waals surface area contributed by atoms with E-state index in [0.717, 1.165) is 11.4 Å². The second-order valence-electron chi connectivity index (χ2n) is 6.43. The van der Waals surface area contributed by atoms with Gasteiger partial charge in [0.25, 0.3) is 0 Å². The summed E-state index contributed by atoms with van der Waals surface area (Å²) in [5.41, 5.74) is 2.51. The van der Waals surface area contributed by atoms with Crippen LogP contribution >= 0.6 is 0 Å². The van der Waals surface area contributed by atoms with Crippen LogP contribution in [-0.2, 0) is 13.7 Å². The zero-order valence-corrected chi connectivity index (χ0v) is 13.1. The molecule has 0 bridgehead atoms. The second kappa shape index (κ2) is 5.70. The summed E-state index contributed by atoms with van der Waals surface area (Å²) >= 11 is 0. The lowest BCUT2D eigenvalue weighted by molar-refractivity contribution is 0.297. The predicted octanol–water partition coefficient (Wildman–Crippen LogP) is 4.15. The third-order valence-corrected chi connectivity index (χ3v) is 3.81. The Kier molecular flexibility index (Phi) is 4.17. The van der Waals surface area contributed by atoms with E-state index in [1.54, 1.807) is 4.68 Å². The van der Waals surface area contributed by atoms with E-state index in [1.165, 1.54) is 5.56 Å². The van der Waals surface area contributed by atoms with Crippen molar-refractivity contribution in [2.45, 2.75) is 40.2 Å². The fraction of sp³-hybridized carbons (Fsp3) is 0.471. The zero-order chi connectivity index (χ0) is 14.8. The molecule has 0 fully saturated rings.